The van der Waals surface area contributed by atoms with Crippen molar-refractivity contribution in [2.24, 2.45) is 0 Å². The van der Waals surface area contributed by atoms with Crippen molar-refractivity contribution < 1.29 is 14.2 Å². The molecule has 2 aliphatic rings. The smallest absolute Gasteiger partial charge is 0.115 e. The van der Waals surface area contributed by atoms with E-state index in [2.05, 4.69) is 60.1 Å². The fraction of sp³-hybridized carbons (Fsp3) is 0.424. The molecule has 1 N–H and O–H groups in total. The number of phenols is 1. The first kappa shape index (κ1) is 27.6. The molecule has 1 aliphatic heterocycles. The standard InChI is InChI=1S/C33H39FN2O2S/c1-3-23(9-12-27(4-2)38-28-15-18-36(21-28)17-6-16-34)33-29(25-10-14-32-31(20-25)35-22-39-32)8-5-7-24-19-26(37)11-13-30(24)33/h9-14,19-20,22,28,37H,3-8,15-18,21H2,1-2H3/b23-9+,27-12+/t28-/m0/s1. The largest absolute Gasteiger partial charge is 0.508 e. The monoisotopic (exact) mass is 546 g/mol. The van der Waals surface area contributed by atoms with Crippen molar-refractivity contribution >= 4 is 32.7 Å². The molecule has 1 aromatic heterocycles. The lowest BCUT2D eigenvalue weighted by atomic mass is 9.86. The lowest BCUT2D eigenvalue weighted by molar-refractivity contribution is 0.115. The van der Waals surface area contributed by atoms with Crippen LogP contribution >= 0.6 is 11.3 Å². The highest BCUT2D eigenvalue weighted by atomic mass is 32.1. The van der Waals surface area contributed by atoms with Gasteiger partial charge in [-0.05, 0) is 102 Å². The van der Waals surface area contributed by atoms with Gasteiger partial charge in [-0.1, -0.05) is 32.1 Å². The van der Waals surface area contributed by atoms with Crippen molar-refractivity contribution in [2.45, 2.75) is 64.9 Å². The molecule has 39 heavy (non-hydrogen) atoms. The second kappa shape index (κ2) is 12.9. The maximum atomic E-state index is 12.6. The predicted octanol–water partition coefficient (Wildman–Crippen LogP) is 8.33. The summed E-state index contributed by atoms with van der Waals surface area (Å²) in [6.45, 7) is 6.74. The molecule has 3 aromatic rings. The predicted molar refractivity (Wildman–Crippen MR) is 161 cm³/mol. The molecule has 2 aromatic carbocycles. The fourth-order valence-electron chi connectivity index (χ4n) is 5.88. The van der Waals surface area contributed by atoms with E-state index in [1.807, 2.05) is 17.6 Å². The van der Waals surface area contributed by atoms with Gasteiger partial charge in [0.15, 0.2) is 0 Å². The second-order valence-corrected chi connectivity index (χ2v) is 11.4. The molecule has 206 valence electrons. The molecule has 1 atom stereocenters. The molecule has 2 heterocycles. The Labute approximate surface area is 235 Å². The normalized spacial score (nSPS) is 19.0. The van der Waals surface area contributed by atoms with Crippen LogP contribution < -0.4 is 0 Å². The molecule has 4 nitrogen and oxygen atoms in total. The SMILES string of the molecule is CC/C(=C\C=C(/CC)C1=C(c2ccc3scnc3c2)CCCc2cc(O)ccc21)O[C@H]1CCN(CCCF)C1. The maximum Gasteiger partial charge on any atom is 0.115 e. The molecule has 0 spiro atoms. The first-order valence-electron chi connectivity index (χ1n) is 14.3. The Hall–Kier alpha value is -2.96. The van der Waals surface area contributed by atoms with E-state index in [4.69, 9.17) is 4.74 Å². The van der Waals surface area contributed by atoms with Crippen LogP contribution in [0.15, 0.2) is 65.4 Å². The van der Waals surface area contributed by atoms with E-state index in [0.717, 1.165) is 69.4 Å². The summed E-state index contributed by atoms with van der Waals surface area (Å²) in [7, 11) is 0. The van der Waals surface area contributed by atoms with Crippen LogP contribution in [0.2, 0.25) is 0 Å². The number of rotatable bonds is 10. The number of fused-ring (bicyclic) bond motifs is 2. The number of aromatic nitrogens is 1. The van der Waals surface area contributed by atoms with E-state index >= 15 is 0 Å². The molecular formula is C33H39FN2O2S. The number of halogens is 1. The summed E-state index contributed by atoms with van der Waals surface area (Å²) in [6, 6.07) is 12.5. The maximum absolute atomic E-state index is 12.6. The number of nitrogens with zero attached hydrogens (tertiary/aromatic N) is 2. The highest BCUT2D eigenvalue weighted by molar-refractivity contribution is 7.16. The number of hydrogen-bond acceptors (Lipinski definition) is 5. The summed E-state index contributed by atoms with van der Waals surface area (Å²) in [5.74, 6) is 1.31. The first-order valence-corrected chi connectivity index (χ1v) is 15.2. The summed E-state index contributed by atoms with van der Waals surface area (Å²) in [4.78, 5) is 6.89. The van der Waals surface area contributed by atoms with E-state index in [9.17, 15) is 9.50 Å². The molecule has 5 rings (SSSR count). The Morgan fingerprint density at radius 2 is 2.05 bits per heavy atom. The Bertz CT molecular complexity index is 1390. The number of thiazole rings is 1. The third-order valence-corrected chi connectivity index (χ3v) is 8.70. The van der Waals surface area contributed by atoms with Gasteiger partial charge >= 0.3 is 0 Å². The Balaban J connectivity index is 1.52. The Morgan fingerprint density at radius 3 is 2.87 bits per heavy atom. The van der Waals surface area contributed by atoms with Crippen LogP contribution in [0, 0.1) is 0 Å². The number of allylic oxidation sites excluding steroid dienone is 6. The minimum atomic E-state index is -0.259. The number of alkyl halides is 1. The van der Waals surface area contributed by atoms with Crippen molar-refractivity contribution in [3.05, 3.63) is 82.1 Å². The zero-order chi connectivity index (χ0) is 27.2. The molecule has 0 unspecified atom stereocenters. The Kier molecular flexibility index (Phi) is 9.15. The molecular weight excluding hydrogens is 507 g/mol. The zero-order valence-electron chi connectivity index (χ0n) is 23.1. The van der Waals surface area contributed by atoms with Crippen molar-refractivity contribution in [1.82, 2.24) is 9.88 Å². The summed E-state index contributed by atoms with van der Waals surface area (Å²) >= 11 is 1.67. The molecule has 0 saturated carbocycles. The average Bonchev–Trinajstić information content (AvgIpc) is 3.57. The van der Waals surface area contributed by atoms with Gasteiger partial charge in [-0.3, -0.25) is 9.29 Å². The average molecular weight is 547 g/mol. The summed E-state index contributed by atoms with van der Waals surface area (Å²) < 4.78 is 20.2. The number of aromatic hydroxyl groups is 1. The number of phenolic OH excluding ortho intramolecular Hbond substituents is 1. The molecule has 1 saturated heterocycles. The number of likely N-dealkylation sites (tertiary alicyclic amines) is 1. The van der Waals surface area contributed by atoms with Gasteiger partial charge < -0.3 is 9.84 Å². The van der Waals surface area contributed by atoms with Crippen LogP contribution in [0.5, 0.6) is 5.75 Å². The van der Waals surface area contributed by atoms with Crippen LogP contribution in [0.1, 0.15) is 69.1 Å². The Morgan fingerprint density at radius 1 is 1.15 bits per heavy atom. The van der Waals surface area contributed by atoms with Crippen molar-refractivity contribution in [2.75, 3.05) is 26.3 Å². The highest BCUT2D eigenvalue weighted by Gasteiger charge is 2.24. The molecule has 6 heteroatoms. The van der Waals surface area contributed by atoms with Crippen LogP contribution in [-0.2, 0) is 11.2 Å². The number of aryl methyl sites for hydroxylation is 1. The van der Waals surface area contributed by atoms with E-state index in [1.165, 1.54) is 38.1 Å². The van der Waals surface area contributed by atoms with E-state index < -0.39 is 0 Å². The van der Waals surface area contributed by atoms with Gasteiger partial charge in [0.1, 0.15) is 11.9 Å². The quantitative estimate of drug-likeness (QED) is 0.205. The van der Waals surface area contributed by atoms with E-state index in [0.29, 0.717) is 12.2 Å². The van der Waals surface area contributed by atoms with Crippen LogP contribution in [0.25, 0.3) is 21.4 Å². The van der Waals surface area contributed by atoms with Crippen molar-refractivity contribution in [3.63, 3.8) is 0 Å². The molecule has 0 amide bonds. The van der Waals surface area contributed by atoms with Gasteiger partial charge in [-0.2, -0.15) is 0 Å². The van der Waals surface area contributed by atoms with Crippen molar-refractivity contribution in [1.29, 1.82) is 0 Å². The molecule has 1 aliphatic carbocycles. The first-order chi connectivity index (χ1) is 19.1. The lowest BCUT2D eigenvalue weighted by Crippen LogP contribution is -2.24. The summed E-state index contributed by atoms with van der Waals surface area (Å²) in [6.07, 6.45) is 10.8. The van der Waals surface area contributed by atoms with Crippen molar-refractivity contribution in [3.8, 4) is 5.75 Å². The van der Waals surface area contributed by atoms with Gasteiger partial charge in [0, 0.05) is 26.1 Å². The molecule has 0 radical (unpaired) electrons. The summed E-state index contributed by atoms with van der Waals surface area (Å²) in [5, 5.41) is 10.3. The van der Waals surface area contributed by atoms with Gasteiger partial charge in [-0.15, -0.1) is 11.3 Å². The number of benzene rings is 2. The molecule has 0 bridgehead atoms. The zero-order valence-corrected chi connectivity index (χ0v) is 23.9. The van der Waals surface area contributed by atoms with E-state index in [1.54, 1.807) is 11.3 Å². The topological polar surface area (TPSA) is 45.6 Å². The fourth-order valence-corrected chi connectivity index (χ4v) is 6.54. The van der Waals surface area contributed by atoms with Gasteiger partial charge in [0.25, 0.3) is 0 Å². The van der Waals surface area contributed by atoms with Gasteiger partial charge in [0.2, 0.25) is 0 Å². The lowest BCUT2D eigenvalue weighted by Gasteiger charge is -2.19. The number of hydrogen-bond donors (Lipinski definition) is 1. The van der Waals surface area contributed by atoms with Crippen LogP contribution in [0.3, 0.4) is 0 Å². The van der Waals surface area contributed by atoms with Gasteiger partial charge in [-0.25, -0.2) is 4.98 Å². The second-order valence-electron chi connectivity index (χ2n) is 10.5. The van der Waals surface area contributed by atoms with Crippen LogP contribution in [-0.4, -0.2) is 47.4 Å². The van der Waals surface area contributed by atoms with Gasteiger partial charge in [0.05, 0.1) is 28.2 Å². The minimum Gasteiger partial charge on any atom is -0.508 e. The third-order valence-electron chi connectivity index (χ3n) is 7.89. The third kappa shape index (κ3) is 6.44. The minimum absolute atomic E-state index is 0.162. The summed E-state index contributed by atoms with van der Waals surface area (Å²) in [5.41, 5.74) is 10.5. The molecule has 1 fully saturated rings. The highest BCUT2D eigenvalue weighted by Crippen LogP contribution is 2.42. The van der Waals surface area contributed by atoms with E-state index in [-0.39, 0.29) is 12.8 Å². The van der Waals surface area contributed by atoms with Crippen LogP contribution in [0.4, 0.5) is 4.39 Å². The number of ether oxygens (including phenoxy) is 1.